The third kappa shape index (κ3) is 1.48. The molecule has 1 aromatic rings. The molecule has 4 heteroatoms. The third-order valence-electron chi connectivity index (χ3n) is 2.43. The molecule has 0 spiro atoms. The molecular weight excluding hydrogens is 190 g/mol. The van der Waals surface area contributed by atoms with Crippen LogP contribution >= 0.6 is 0 Å². The van der Waals surface area contributed by atoms with Gasteiger partial charge in [0.2, 0.25) is 5.91 Å². The number of carbonyl (C=O) groups excluding carboxylic acids is 1. The molecule has 2 heterocycles. The zero-order valence-corrected chi connectivity index (χ0v) is 8.69. The summed E-state index contributed by atoms with van der Waals surface area (Å²) in [5, 5.41) is 4.16. The van der Waals surface area contributed by atoms with Crippen LogP contribution in [0.2, 0.25) is 0 Å². The predicted molar refractivity (Wildman–Crippen MR) is 57.4 cm³/mol. The van der Waals surface area contributed by atoms with E-state index in [1.54, 1.807) is 18.5 Å². The van der Waals surface area contributed by atoms with Crippen LogP contribution in [0, 0.1) is 5.92 Å². The number of pyridine rings is 1. The third-order valence-corrected chi connectivity index (χ3v) is 2.43. The van der Waals surface area contributed by atoms with E-state index in [1.165, 1.54) is 0 Å². The number of hydrogen-bond acceptors (Lipinski definition) is 2. The van der Waals surface area contributed by atoms with E-state index in [4.69, 9.17) is 5.73 Å². The summed E-state index contributed by atoms with van der Waals surface area (Å²) >= 11 is 0. The number of hydrogen-bond donors (Lipinski definition) is 1. The van der Waals surface area contributed by atoms with E-state index >= 15 is 0 Å². The molecule has 1 aromatic heterocycles. The molecule has 0 aliphatic carbocycles. The van der Waals surface area contributed by atoms with Gasteiger partial charge in [-0.1, -0.05) is 13.8 Å². The van der Waals surface area contributed by atoms with Crippen LogP contribution in [0.4, 0.5) is 5.82 Å². The van der Waals surface area contributed by atoms with Gasteiger partial charge in [-0.05, 0) is 17.6 Å². The molecule has 1 aliphatic heterocycles. The van der Waals surface area contributed by atoms with Gasteiger partial charge in [0.05, 0.1) is 5.56 Å². The second-order valence-corrected chi connectivity index (χ2v) is 3.79. The minimum atomic E-state index is -0.433. The van der Waals surface area contributed by atoms with Crippen LogP contribution in [0.15, 0.2) is 18.5 Å². The Labute approximate surface area is 88.2 Å². The van der Waals surface area contributed by atoms with E-state index < -0.39 is 5.91 Å². The van der Waals surface area contributed by atoms with Gasteiger partial charge < -0.3 is 5.73 Å². The Balaban J connectivity index is 2.60. The number of rotatable bonds is 2. The monoisotopic (exact) mass is 202 g/mol. The molecular formula is C11H12N3O. The van der Waals surface area contributed by atoms with Crippen LogP contribution in [0.1, 0.15) is 29.8 Å². The Kier molecular flexibility index (Phi) is 2.19. The number of allylic oxidation sites excluding steroid dienone is 1. The van der Waals surface area contributed by atoms with Gasteiger partial charge >= 0.3 is 0 Å². The molecule has 15 heavy (non-hydrogen) atoms. The molecule has 0 atom stereocenters. The van der Waals surface area contributed by atoms with Crippen LogP contribution in [0.25, 0.3) is 5.57 Å². The second-order valence-electron chi connectivity index (χ2n) is 3.79. The SMILES string of the molecule is CC(C)C1=C[N]c2nccc(C(N)=O)c21. The molecule has 2 rings (SSSR count). The highest BCUT2D eigenvalue weighted by atomic mass is 16.1. The number of amides is 1. The Morgan fingerprint density at radius 3 is 2.80 bits per heavy atom. The molecule has 0 saturated heterocycles. The van der Waals surface area contributed by atoms with E-state index in [-0.39, 0.29) is 0 Å². The van der Waals surface area contributed by atoms with Crippen molar-refractivity contribution in [1.29, 1.82) is 0 Å². The lowest BCUT2D eigenvalue weighted by molar-refractivity contribution is 0.1000. The highest BCUT2D eigenvalue weighted by Crippen LogP contribution is 2.35. The fourth-order valence-corrected chi connectivity index (χ4v) is 1.67. The summed E-state index contributed by atoms with van der Waals surface area (Å²) in [5.74, 6) is 0.463. The van der Waals surface area contributed by atoms with E-state index in [9.17, 15) is 4.79 Å². The molecule has 1 amide bonds. The van der Waals surface area contributed by atoms with Crippen molar-refractivity contribution in [3.05, 3.63) is 29.6 Å². The molecule has 1 radical (unpaired) electrons. The smallest absolute Gasteiger partial charge is 0.249 e. The lowest BCUT2D eigenvalue weighted by atomic mass is 9.94. The number of nitrogens with zero attached hydrogens (tertiary/aromatic N) is 2. The van der Waals surface area contributed by atoms with Crippen molar-refractivity contribution in [2.24, 2.45) is 11.7 Å². The molecule has 1 aliphatic rings. The first-order valence-corrected chi connectivity index (χ1v) is 4.81. The minimum Gasteiger partial charge on any atom is -0.366 e. The maximum Gasteiger partial charge on any atom is 0.249 e. The van der Waals surface area contributed by atoms with Crippen molar-refractivity contribution in [2.75, 3.05) is 0 Å². The highest BCUT2D eigenvalue weighted by molar-refractivity contribution is 6.01. The number of fused-ring (bicyclic) bond motifs is 1. The first-order chi connectivity index (χ1) is 7.11. The summed E-state index contributed by atoms with van der Waals surface area (Å²) in [6, 6.07) is 1.64. The van der Waals surface area contributed by atoms with Gasteiger partial charge in [0, 0.05) is 18.0 Å². The van der Waals surface area contributed by atoms with E-state index in [2.05, 4.69) is 10.3 Å². The van der Waals surface area contributed by atoms with E-state index in [1.807, 2.05) is 13.8 Å². The summed E-state index contributed by atoms with van der Waals surface area (Å²) in [6.45, 7) is 4.10. The van der Waals surface area contributed by atoms with Gasteiger partial charge in [-0.3, -0.25) is 4.79 Å². The lowest BCUT2D eigenvalue weighted by Crippen LogP contribution is -2.14. The minimum absolute atomic E-state index is 0.303. The number of nitrogens with two attached hydrogens (primary N) is 1. The fraction of sp³-hybridized carbons (Fsp3) is 0.273. The standard InChI is InChI=1S/C11H12N3O/c1-6(2)8-5-14-11-9(8)7(10(12)15)3-4-13-11/h3-6H,1-2H3,(H2,12,15). The Morgan fingerprint density at radius 2 is 2.20 bits per heavy atom. The van der Waals surface area contributed by atoms with Crippen molar-refractivity contribution in [2.45, 2.75) is 13.8 Å². The van der Waals surface area contributed by atoms with Gasteiger partial charge in [0.1, 0.15) is 0 Å². The van der Waals surface area contributed by atoms with Crippen LogP contribution in [-0.2, 0) is 0 Å². The highest BCUT2D eigenvalue weighted by Gasteiger charge is 2.24. The molecule has 0 fully saturated rings. The van der Waals surface area contributed by atoms with Crippen molar-refractivity contribution in [1.82, 2.24) is 10.3 Å². The fourth-order valence-electron chi connectivity index (χ4n) is 1.67. The largest absolute Gasteiger partial charge is 0.366 e. The molecule has 0 bridgehead atoms. The average Bonchev–Trinajstić information content (AvgIpc) is 2.60. The number of aromatic nitrogens is 1. The molecule has 2 N–H and O–H groups in total. The van der Waals surface area contributed by atoms with Crippen LogP contribution in [-0.4, -0.2) is 10.9 Å². The maximum atomic E-state index is 11.3. The van der Waals surface area contributed by atoms with Crippen LogP contribution < -0.4 is 11.1 Å². The second kappa shape index (κ2) is 3.38. The normalized spacial score (nSPS) is 13.4. The summed E-state index contributed by atoms with van der Waals surface area (Å²) in [4.78, 5) is 15.4. The van der Waals surface area contributed by atoms with Gasteiger partial charge in [0.15, 0.2) is 5.82 Å². The van der Waals surface area contributed by atoms with Crippen LogP contribution in [0.5, 0.6) is 0 Å². The zero-order chi connectivity index (χ0) is 11.0. The van der Waals surface area contributed by atoms with Crippen molar-refractivity contribution in [3.8, 4) is 0 Å². The van der Waals surface area contributed by atoms with Crippen LogP contribution in [0.3, 0.4) is 0 Å². The Bertz CT molecular complexity index is 449. The Hall–Kier alpha value is -1.84. The van der Waals surface area contributed by atoms with Gasteiger partial charge in [-0.25, -0.2) is 10.3 Å². The molecule has 0 unspecified atom stereocenters. The van der Waals surface area contributed by atoms with E-state index in [0.717, 1.165) is 11.1 Å². The summed E-state index contributed by atoms with van der Waals surface area (Å²) in [6.07, 6.45) is 3.31. The molecule has 0 aromatic carbocycles. The summed E-state index contributed by atoms with van der Waals surface area (Å²) in [7, 11) is 0. The van der Waals surface area contributed by atoms with E-state index in [0.29, 0.717) is 17.3 Å². The number of carbonyl (C=O) groups is 1. The average molecular weight is 202 g/mol. The van der Waals surface area contributed by atoms with Crippen molar-refractivity contribution in [3.63, 3.8) is 0 Å². The first-order valence-electron chi connectivity index (χ1n) is 4.81. The summed E-state index contributed by atoms with van der Waals surface area (Å²) in [5.41, 5.74) is 7.63. The van der Waals surface area contributed by atoms with Gasteiger partial charge in [-0.2, -0.15) is 0 Å². The van der Waals surface area contributed by atoms with Gasteiger partial charge in [-0.15, -0.1) is 0 Å². The first kappa shape index (κ1) is 9.71. The topological polar surface area (TPSA) is 70.1 Å². The molecule has 4 nitrogen and oxygen atoms in total. The summed E-state index contributed by atoms with van der Waals surface area (Å²) < 4.78 is 0. The maximum absolute atomic E-state index is 11.3. The zero-order valence-electron chi connectivity index (χ0n) is 8.69. The van der Waals surface area contributed by atoms with Crippen molar-refractivity contribution >= 4 is 17.3 Å². The lowest BCUT2D eigenvalue weighted by Gasteiger charge is -2.10. The predicted octanol–water partition coefficient (Wildman–Crippen LogP) is 1.43. The molecule has 0 saturated carbocycles. The number of primary amides is 1. The van der Waals surface area contributed by atoms with Gasteiger partial charge in [0.25, 0.3) is 0 Å². The quantitative estimate of drug-likeness (QED) is 0.788. The molecule has 77 valence electrons. The van der Waals surface area contributed by atoms with Crippen molar-refractivity contribution < 1.29 is 4.79 Å². The Morgan fingerprint density at radius 1 is 1.47 bits per heavy atom.